The average molecular weight is 252 g/mol. The summed E-state index contributed by atoms with van der Waals surface area (Å²) in [5.41, 5.74) is 2.29. The molecule has 1 aliphatic rings. The molecule has 0 saturated carbocycles. The van der Waals surface area contributed by atoms with Crippen LogP contribution in [0.15, 0.2) is 24.3 Å². The maximum atomic E-state index is 10.3. The van der Waals surface area contributed by atoms with Gasteiger partial charge in [0.1, 0.15) is 6.10 Å². The second-order valence-electron chi connectivity index (χ2n) is 4.42. The zero-order valence-electron chi connectivity index (χ0n) is 10.3. The highest BCUT2D eigenvalue weighted by Gasteiger charge is 2.24. The molecule has 94 valence electrons. The van der Waals surface area contributed by atoms with Gasteiger partial charge in [0.25, 0.3) is 0 Å². The Morgan fingerprint density at radius 2 is 2.41 bits per heavy atom. The van der Waals surface area contributed by atoms with Gasteiger partial charge in [-0.25, -0.2) is 0 Å². The second kappa shape index (κ2) is 6.43. The Morgan fingerprint density at radius 1 is 1.53 bits per heavy atom. The Kier molecular flexibility index (Phi) is 4.89. The molecule has 2 nitrogen and oxygen atoms in total. The fourth-order valence-corrected chi connectivity index (χ4v) is 3.02. The normalized spacial score (nSPS) is 22.4. The summed E-state index contributed by atoms with van der Waals surface area (Å²) < 4.78 is 5.62. The molecule has 0 radical (unpaired) electrons. The molecule has 0 amide bonds. The zero-order valence-corrected chi connectivity index (χ0v) is 11.1. The van der Waals surface area contributed by atoms with Crippen LogP contribution >= 0.6 is 11.8 Å². The van der Waals surface area contributed by atoms with E-state index in [-0.39, 0.29) is 6.10 Å². The van der Waals surface area contributed by atoms with Crippen LogP contribution in [0.5, 0.6) is 0 Å². The Balaban J connectivity index is 2.06. The van der Waals surface area contributed by atoms with Gasteiger partial charge in [-0.2, -0.15) is 11.8 Å². The number of aliphatic hydroxyl groups excluding tert-OH is 1. The lowest BCUT2D eigenvalue weighted by Crippen LogP contribution is -2.29. The predicted octanol–water partition coefficient (Wildman–Crippen LogP) is 2.80. The molecule has 0 aromatic heterocycles. The van der Waals surface area contributed by atoms with Crippen LogP contribution in [0.2, 0.25) is 0 Å². The summed E-state index contributed by atoms with van der Waals surface area (Å²) in [6.07, 6.45) is 1.67. The molecular weight excluding hydrogens is 232 g/mol. The number of benzene rings is 1. The summed E-state index contributed by atoms with van der Waals surface area (Å²) in [5, 5.41) is 10.3. The molecule has 1 aromatic carbocycles. The van der Waals surface area contributed by atoms with Gasteiger partial charge in [0.2, 0.25) is 0 Å². The van der Waals surface area contributed by atoms with E-state index in [1.807, 2.05) is 23.9 Å². The standard InChI is InChI=1S/C14H20O2S/c1-2-4-11-5-3-6-12(9-11)14(15)13-10-17-8-7-16-13/h3,5-6,9,13-15H,2,4,7-8,10H2,1H3. The van der Waals surface area contributed by atoms with E-state index in [1.54, 1.807) is 0 Å². The van der Waals surface area contributed by atoms with Gasteiger partial charge < -0.3 is 9.84 Å². The zero-order chi connectivity index (χ0) is 12.1. The quantitative estimate of drug-likeness (QED) is 0.893. The summed E-state index contributed by atoms with van der Waals surface area (Å²) >= 11 is 1.86. The molecule has 3 heteroatoms. The lowest BCUT2D eigenvalue weighted by Gasteiger charge is -2.27. The van der Waals surface area contributed by atoms with Gasteiger partial charge in [0.05, 0.1) is 12.7 Å². The molecule has 1 aromatic rings. The highest BCUT2D eigenvalue weighted by Crippen LogP contribution is 2.26. The molecule has 1 fully saturated rings. The first kappa shape index (κ1) is 12.9. The molecule has 2 rings (SSSR count). The van der Waals surface area contributed by atoms with Crippen molar-refractivity contribution >= 4 is 11.8 Å². The van der Waals surface area contributed by atoms with Crippen LogP contribution in [-0.2, 0) is 11.2 Å². The van der Waals surface area contributed by atoms with Gasteiger partial charge in [-0.3, -0.25) is 0 Å². The smallest absolute Gasteiger partial charge is 0.106 e. The molecule has 0 aliphatic carbocycles. The minimum Gasteiger partial charge on any atom is -0.386 e. The molecular formula is C14H20O2S. The van der Waals surface area contributed by atoms with Gasteiger partial charge in [0, 0.05) is 11.5 Å². The minimum atomic E-state index is -0.486. The van der Waals surface area contributed by atoms with Gasteiger partial charge in [-0.05, 0) is 17.5 Å². The second-order valence-corrected chi connectivity index (χ2v) is 5.57. The van der Waals surface area contributed by atoms with Crippen LogP contribution in [0.3, 0.4) is 0 Å². The van der Waals surface area contributed by atoms with Gasteiger partial charge in [-0.1, -0.05) is 37.6 Å². The largest absolute Gasteiger partial charge is 0.386 e. The number of hydrogen-bond donors (Lipinski definition) is 1. The van der Waals surface area contributed by atoms with Crippen molar-refractivity contribution in [3.63, 3.8) is 0 Å². The molecule has 17 heavy (non-hydrogen) atoms. The summed E-state index contributed by atoms with van der Waals surface area (Å²) in [4.78, 5) is 0. The predicted molar refractivity (Wildman–Crippen MR) is 72.5 cm³/mol. The fraction of sp³-hybridized carbons (Fsp3) is 0.571. The van der Waals surface area contributed by atoms with Crippen LogP contribution in [-0.4, -0.2) is 29.3 Å². The SMILES string of the molecule is CCCc1cccc(C(O)C2CSCCO2)c1. The minimum absolute atomic E-state index is 0.0503. The molecule has 0 bridgehead atoms. The van der Waals surface area contributed by atoms with E-state index in [1.165, 1.54) is 5.56 Å². The molecule has 0 spiro atoms. The lowest BCUT2D eigenvalue weighted by molar-refractivity contribution is -0.0227. The van der Waals surface area contributed by atoms with Gasteiger partial charge in [0.15, 0.2) is 0 Å². The van der Waals surface area contributed by atoms with Crippen molar-refractivity contribution in [2.24, 2.45) is 0 Å². The average Bonchev–Trinajstić information content (AvgIpc) is 2.40. The van der Waals surface area contributed by atoms with Crippen molar-refractivity contribution in [1.82, 2.24) is 0 Å². The maximum Gasteiger partial charge on any atom is 0.106 e. The van der Waals surface area contributed by atoms with Crippen molar-refractivity contribution in [2.45, 2.75) is 32.0 Å². The maximum absolute atomic E-state index is 10.3. The summed E-state index contributed by atoms with van der Waals surface area (Å²) in [6.45, 7) is 2.92. The van der Waals surface area contributed by atoms with Crippen LogP contribution < -0.4 is 0 Å². The molecule has 2 atom stereocenters. The number of ether oxygens (including phenoxy) is 1. The molecule has 1 saturated heterocycles. The van der Waals surface area contributed by atoms with E-state index in [0.29, 0.717) is 0 Å². The van der Waals surface area contributed by atoms with Crippen molar-refractivity contribution in [1.29, 1.82) is 0 Å². The summed E-state index contributed by atoms with van der Waals surface area (Å²) in [7, 11) is 0. The topological polar surface area (TPSA) is 29.5 Å². The lowest BCUT2D eigenvalue weighted by atomic mass is 10.0. The van der Waals surface area contributed by atoms with E-state index in [2.05, 4.69) is 19.1 Å². The first-order valence-electron chi connectivity index (χ1n) is 6.27. The fourth-order valence-electron chi connectivity index (χ4n) is 2.12. The third-order valence-corrected chi connectivity index (χ3v) is 4.04. The van der Waals surface area contributed by atoms with Crippen molar-refractivity contribution in [2.75, 3.05) is 18.1 Å². The Labute approximate surface area is 107 Å². The number of hydrogen-bond acceptors (Lipinski definition) is 3. The van der Waals surface area contributed by atoms with E-state index in [4.69, 9.17) is 4.74 Å². The van der Waals surface area contributed by atoms with Crippen molar-refractivity contribution in [3.05, 3.63) is 35.4 Å². The van der Waals surface area contributed by atoms with E-state index in [0.717, 1.165) is 36.5 Å². The van der Waals surface area contributed by atoms with E-state index in [9.17, 15) is 5.11 Å². The third kappa shape index (κ3) is 3.47. The van der Waals surface area contributed by atoms with E-state index < -0.39 is 6.10 Å². The molecule has 2 unspecified atom stereocenters. The van der Waals surface area contributed by atoms with Crippen LogP contribution in [0.25, 0.3) is 0 Å². The first-order chi connectivity index (χ1) is 8.31. The van der Waals surface area contributed by atoms with E-state index >= 15 is 0 Å². The Morgan fingerprint density at radius 3 is 3.12 bits per heavy atom. The molecule has 1 heterocycles. The van der Waals surface area contributed by atoms with Gasteiger partial charge in [-0.15, -0.1) is 0 Å². The highest BCUT2D eigenvalue weighted by molar-refractivity contribution is 7.99. The Hall–Kier alpha value is -0.510. The molecule has 1 N–H and O–H groups in total. The summed E-state index contributed by atoms with van der Waals surface area (Å²) in [6, 6.07) is 8.25. The van der Waals surface area contributed by atoms with Crippen LogP contribution in [0.4, 0.5) is 0 Å². The van der Waals surface area contributed by atoms with Crippen LogP contribution in [0, 0.1) is 0 Å². The number of aliphatic hydroxyl groups is 1. The number of aryl methyl sites for hydroxylation is 1. The van der Waals surface area contributed by atoms with Crippen molar-refractivity contribution in [3.8, 4) is 0 Å². The van der Waals surface area contributed by atoms with Crippen molar-refractivity contribution < 1.29 is 9.84 Å². The monoisotopic (exact) mass is 252 g/mol. The van der Waals surface area contributed by atoms with Gasteiger partial charge >= 0.3 is 0 Å². The third-order valence-electron chi connectivity index (χ3n) is 3.03. The highest BCUT2D eigenvalue weighted by atomic mass is 32.2. The number of rotatable bonds is 4. The Bertz CT molecular complexity index is 348. The van der Waals surface area contributed by atoms with Crippen LogP contribution in [0.1, 0.15) is 30.6 Å². The molecule has 1 aliphatic heterocycles. The summed E-state index contributed by atoms with van der Waals surface area (Å²) in [5.74, 6) is 1.93. The first-order valence-corrected chi connectivity index (χ1v) is 7.43. The number of thioether (sulfide) groups is 1.